The molecule has 27 heavy (non-hydrogen) atoms. The number of anilines is 1. The van der Waals surface area contributed by atoms with Crippen molar-refractivity contribution in [2.24, 2.45) is 0 Å². The van der Waals surface area contributed by atoms with Gasteiger partial charge in [-0.25, -0.2) is 8.42 Å². The minimum absolute atomic E-state index is 0.191. The number of fused-ring (bicyclic) bond motifs is 1. The lowest BCUT2D eigenvalue weighted by atomic mass is 9.89. The standard InChI is InChI=1S/C20H24N2O4S/c1-13-14(9-7-10-16(13)22-27(4,24)25)19(23)21-17-12-20(2,3)26-18-11-6-5-8-15(17)18/h5-11,17,22H,12H2,1-4H3,(H,21,23)/t17-/m1/s1. The molecule has 0 bridgehead atoms. The number of nitrogens with one attached hydrogen (secondary N) is 2. The Morgan fingerprint density at radius 3 is 2.56 bits per heavy atom. The fourth-order valence-corrected chi connectivity index (χ4v) is 3.98. The number of carbonyl (C=O) groups excluding carboxylic acids is 1. The summed E-state index contributed by atoms with van der Waals surface area (Å²) in [4.78, 5) is 12.9. The lowest BCUT2D eigenvalue weighted by molar-refractivity contribution is 0.0619. The van der Waals surface area contributed by atoms with E-state index in [-0.39, 0.29) is 11.9 Å². The Balaban J connectivity index is 1.89. The number of hydrogen-bond acceptors (Lipinski definition) is 4. The van der Waals surface area contributed by atoms with Gasteiger partial charge >= 0.3 is 0 Å². The quantitative estimate of drug-likeness (QED) is 0.841. The molecular formula is C20H24N2O4S. The van der Waals surface area contributed by atoms with Crippen molar-refractivity contribution >= 4 is 21.6 Å². The second-order valence-corrected chi connectivity index (χ2v) is 9.23. The van der Waals surface area contributed by atoms with E-state index in [1.54, 1.807) is 25.1 Å². The van der Waals surface area contributed by atoms with Gasteiger partial charge in [0.15, 0.2) is 0 Å². The van der Waals surface area contributed by atoms with Crippen LogP contribution < -0.4 is 14.8 Å². The van der Waals surface area contributed by atoms with Crippen LogP contribution in [0.4, 0.5) is 5.69 Å². The van der Waals surface area contributed by atoms with Gasteiger partial charge in [-0.15, -0.1) is 0 Å². The average Bonchev–Trinajstić information content (AvgIpc) is 2.54. The summed E-state index contributed by atoms with van der Waals surface area (Å²) < 4.78 is 31.5. The summed E-state index contributed by atoms with van der Waals surface area (Å²) in [7, 11) is -3.42. The fraction of sp³-hybridized carbons (Fsp3) is 0.350. The second-order valence-electron chi connectivity index (χ2n) is 7.48. The normalized spacial score (nSPS) is 18.1. The van der Waals surface area contributed by atoms with E-state index in [0.717, 1.165) is 17.6 Å². The summed E-state index contributed by atoms with van der Waals surface area (Å²) in [6.45, 7) is 5.71. The van der Waals surface area contributed by atoms with Gasteiger partial charge in [-0.1, -0.05) is 24.3 Å². The smallest absolute Gasteiger partial charge is 0.252 e. The highest BCUT2D eigenvalue weighted by molar-refractivity contribution is 7.92. The minimum Gasteiger partial charge on any atom is -0.487 e. The first-order valence-corrected chi connectivity index (χ1v) is 10.6. The molecule has 1 aliphatic rings. The van der Waals surface area contributed by atoms with E-state index in [9.17, 15) is 13.2 Å². The summed E-state index contributed by atoms with van der Waals surface area (Å²) in [5, 5.41) is 3.08. The highest BCUT2D eigenvalue weighted by Crippen LogP contribution is 2.39. The predicted octanol–water partition coefficient (Wildman–Crippen LogP) is 3.40. The molecule has 1 aliphatic heterocycles. The number of sulfonamides is 1. The molecule has 0 aliphatic carbocycles. The number of hydrogen-bond donors (Lipinski definition) is 2. The van der Waals surface area contributed by atoms with Crippen molar-refractivity contribution in [2.45, 2.75) is 38.8 Å². The molecule has 1 amide bonds. The van der Waals surface area contributed by atoms with Crippen LogP contribution in [0.25, 0.3) is 0 Å². The molecule has 0 saturated heterocycles. The van der Waals surface area contributed by atoms with Crippen molar-refractivity contribution in [3.05, 3.63) is 59.2 Å². The Labute approximate surface area is 160 Å². The van der Waals surface area contributed by atoms with E-state index >= 15 is 0 Å². The van der Waals surface area contributed by atoms with Crippen LogP contribution in [-0.2, 0) is 10.0 Å². The second kappa shape index (κ2) is 6.88. The zero-order valence-corrected chi connectivity index (χ0v) is 16.7. The van der Waals surface area contributed by atoms with Gasteiger partial charge in [-0.2, -0.15) is 0 Å². The number of para-hydroxylation sites is 1. The zero-order valence-electron chi connectivity index (χ0n) is 15.9. The summed E-state index contributed by atoms with van der Waals surface area (Å²) in [5.41, 5.74) is 1.96. The van der Waals surface area contributed by atoms with Crippen LogP contribution in [0.3, 0.4) is 0 Å². The summed E-state index contributed by atoms with van der Waals surface area (Å²) >= 11 is 0. The van der Waals surface area contributed by atoms with Gasteiger partial charge in [0.05, 0.1) is 18.0 Å². The van der Waals surface area contributed by atoms with Crippen molar-refractivity contribution in [1.29, 1.82) is 0 Å². The van der Waals surface area contributed by atoms with E-state index in [4.69, 9.17) is 4.74 Å². The molecule has 0 fully saturated rings. The molecule has 1 atom stereocenters. The van der Waals surface area contributed by atoms with Crippen molar-refractivity contribution in [3.8, 4) is 5.75 Å². The molecule has 2 aromatic rings. The molecule has 0 aromatic heterocycles. The zero-order chi connectivity index (χ0) is 19.8. The van der Waals surface area contributed by atoms with Crippen molar-refractivity contribution in [1.82, 2.24) is 5.32 Å². The van der Waals surface area contributed by atoms with Gasteiger partial charge in [-0.3, -0.25) is 9.52 Å². The first-order chi connectivity index (χ1) is 12.6. The van der Waals surface area contributed by atoms with Crippen LogP contribution >= 0.6 is 0 Å². The molecule has 2 aromatic carbocycles. The van der Waals surface area contributed by atoms with Crippen LogP contribution in [0.5, 0.6) is 5.75 Å². The third kappa shape index (κ3) is 4.42. The maximum atomic E-state index is 12.9. The molecule has 6 nitrogen and oxygen atoms in total. The van der Waals surface area contributed by atoms with Gasteiger partial charge in [-0.05, 0) is 44.5 Å². The Kier molecular flexibility index (Phi) is 4.90. The van der Waals surface area contributed by atoms with Gasteiger partial charge in [0, 0.05) is 17.5 Å². The molecule has 0 radical (unpaired) electrons. The van der Waals surface area contributed by atoms with E-state index in [1.807, 2.05) is 38.1 Å². The maximum Gasteiger partial charge on any atom is 0.252 e. The molecule has 1 heterocycles. The molecule has 0 unspecified atom stereocenters. The first-order valence-electron chi connectivity index (χ1n) is 8.72. The Morgan fingerprint density at radius 2 is 1.85 bits per heavy atom. The van der Waals surface area contributed by atoms with Crippen LogP contribution in [0.15, 0.2) is 42.5 Å². The summed E-state index contributed by atoms with van der Waals surface area (Å²) in [5.74, 6) is 0.519. The van der Waals surface area contributed by atoms with Crippen LogP contribution in [0.2, 0.25) is 0 Å². The Bertz CT molecular complexity index is 983. The van der Waals surface area contributed by atoms with E-state index in [1.165, 1.54) is 0 Å². The number of benzene rings is 2. The molecule has 7 heteroatoms. The van der Waals surface area contributed by atoms with Crippen molar-refractivity contribution in [3.63, 3.8) is 0 Å². The van der Waals surface area contributed by atoms with Crippen molar-refractivity contribution < 1.29 is 17.9 Å². The van der Waals surface area contributed by atoms with Crippen LogP contribution in [0.1, 0.15) is 47.8 Å². The summed E-state index contributed by atoms with van der Waals surface area (Å²) in [6.07, 6.45) is 1.72. The van der Waals surface area contributed by atoms with Crippen LogP contribution in [0, 0.1) is 6.92 Å². The molecule has 0 saturated carbocycles. The number of ether oxygens (including phenoxy) is 1. The molecule has 3 rings (SSSR count). The molecule has 0 spiro atoms. The van der Waals surface area contributed by atoms with E-state index < -0.39 is 15.6 Å². The van der Waals surface area contributed by atoms with Gasteiger partial charge in [0.2, 0.25) is 10.0 Å². The van der Waals surface area contributed by atoms with Gasteiger partial charge in [0.1, 0.15) is 11.4 Å². The largest absolute Gasteiger partial charge is 0.487 e. The number of rotatable bonds is 4. The highest BCUT2D eigenvalue weighted by atomic mass is 32.2. The number of amides is 1. The summed E-state index contributed by atoms with van der Waals surface area (Å²) in [6, 6.07) is 12.5. The topological polar surface area (TPSA) is 84.5 Å². The van der Waals surface area contributed by atoms with Gasteiger partial charge < -0.3 is 10.1 Å². The molecule has 144 valence electrons. The molecule has 2 N–H and O–H groups in total. The SMILES string of the molecule is Cc1c(NS(C)(=O)=O)cccc1C(=O)N[C@@H]1CC(C)(C)Oc2ccccc21. The average molecular weight is 388 g/mol. The van der Waals surface area contributed by atoms with Crippen molar-refractivity contribution in [2.75, 3.05) is 11.0 Å². The third-order valence-electron chi connectivity index (χ3n) is 4.56. The van der Waals surface area contributed by atoms with E-state index in [2.05, 4.69) is 10.0 Å². The lowest BCUT2D eigenvalue weighted by Crippen LogP contribution is -2.41. The first kappa shape index (κ1) is 19.2. The lowest BCUT2D eigenvalue weighted by Gasteiger charge is -2.38. The maximum absolute atomic E-state index is 12.9. The van der Waals surface area contributed by atoms with Gasteiger partial charge in [0.25, 0.3) is 5.91 Å². The fourth-order valence-electron chi connectivity index (χ4n) is 3.36. The van der Waals surface area contributed by atoms with E-state index in [0.29, 0.717) is 23.2 Å². The Morgan fingerprint density at radius 1 is 1.15 bits per heavy atom. The predicted molar refractivity (Wildman–Crippen MR) is 106 cm³/mol. The number of carbonyl (C=O) groups is 1. The minimum atomic E-state index is -3.42. The van der Waals surface area contributed by atoms with Crippen LogP contribution in [-0.4, -0.2) is 26.2 Å². The monoisotopic (exact) mass is 388 g/mol. The Hall–Kier alpha value is -2.54. The third-order valence-corrected chi connectivity index (χ3v) is 5.15. The molecular weight excluding hydrogens is 364 g/mol. The highest BCUT2D eigenvalue weighted by Gasteiger charge is 2.34.